The summed E-state index contributed by atoms with van der Waals surface area (Å²) in [6.45, 7) is 0.606. The van der Waals surface area contributed by atoms with Crippen LogP contribution in [0.3, 0.4) is 0 Å². The van der Waals surface area contributed by atoms with Crippen LogP contribution in [-0.4, -0.2) is 23.4 Å². The second-order valence-corrected chi connectivity index (χ2v) is 4.41. The summed E-state index contributed by atoms with van der Waals surface area (Å²) < 4.78 is 14.8. The van der Waals surface area contributed by atoms with Gasteiger partial charge in [0, 0.05) is 38.1 Å². The van der Waals surface area contributed by atoms with Gasteiger partial charge in [-0.15, -0.1) is 0 Å². The molecule has 5 heteroatoms. The van der Waals surface area contributed by atoms with E-state index in [1.54, 1.807) is 16.9 Å². The number of likely N-dealkylation sites (N-methyl/N-ethyl adjacent to an activating group) is 1. The lowest BCUT2D eigenvalue weighted by Crippen LogP contribution is -2.28. The van der Waals surface area contributed by atoms with Crippen LogP contribution in [0.2, 0.25) is 0 Å². The summed E-state index contributed by atoms with van der Waals surface area (Å²) in [4.78, 5) is 1.93. The first-order valence-corrected chi connectivity index (χ1v) is 5.77. The fourth-order valence-electron chi connectivity index (χ4n) is 1.85. The normalized spacial score (nSPS) is 12.4. The van der Waals surface area contributed by atoms with Crippen molar-refractivity contribution < 1.29 is 4.39 Å². The van der Waals surface area contributed by atoms with E-state index in [9.17, 15) is 4.39 Å². The average molecular weight is 248 g/mol. The minimum absolute atomic E-state index is 0.146. The highest BCUT2D eigenvalue weighted by atomic mass is 19.1. The number of nitrogens with zero attached hydrogens (tertiary/aromatic N) is 3. The van der Waals surface area contributed by atoms with Crippen molar-refractivity contribution >= 4 is 5.69 Å². The zero-order chi connectivity index (χ0) is 13.1. The fraction of sp³-hybridized carbons (Fsp3) is 0.308. The van der Waals surface area contributed by atoms with E-state index < -0.39 is 0 Å². The molecule has 1 aromatic carbocycles. The van der Waals surface area contributed by atoms with Gasteiger partial charge in [0.25, 0.3) is 0 Å². The van der Waals surface area contributed by atoms with Gasteiger partial charge in [-0.1, -0.05) is 6.07 Å². The minimum Gasteiger partial charge on any atom is -0.373 e. The molecule has 2 N–H and O–H groups in total. The highest BCUT2D eigenvalue weighted by Gasteiger charge is 2.11. The number of rotatable bonds is 4. The van der Waals surface area contributed by atoms with Gasteiger partial charge in [-0.2, -0.15) is 5.10 Å². The summed E-state index contributed by atoms with van der Waals surface area (Å²) in [5.41, 5.74) is 7.88. The average Bonchev–Trinajstić information content (AvgIpc) is 2.76. The highest BCUT2D eigenvalue weighted by molar-refractivity contribution is 5.46. The Morgan fingerprint density at radius 3 is 2.89 bits per heavy atom. The van der Waals surface area contributed by atoms with Gasteiger partial charge in [-0.25, -0.2) is 4.39 Å². The standard InChI is InChI=1S/C13H17FN4/c1-17(12-5-3-4-11(14)6-12)9-13(15)10-7-16-18(2)8-10/h3-8,13H,9,15H2,1-2H3. The number of aryl methyl sites for hydroxylation is 1. The zero-order valence-corrected chi connectivity index (χ0v) is 10.5. The third kappa shape index (κ3) is 2.87. The molecule has 0 aliphatic rings. The summed E-state index contributed by atoms with van der Waals surface area (Å²) in [5, 5.41) is 4.09. The van der Waals surface area contributed by atoms with E-state index in [2.05, 4.69) is 5.10 Å². The Bertz CT molecular complexity index is 523. The Balaban J connectivity index is 2.05. The molecule has 2 rings (SSSR count). The maximum Gasteiger partial charge on any atom is 0.125 e. The quantitative estimate of drug-likeness (QED) is 0.895. The first-order chi connectivity index (χ1) is 8.56. The number of benzene rings is 1. The number of hydrogen-bond acceptors (Lipinski definition) is 3. The monoisotopic (exact) mass is 248 g/mol. The molecule has 0 radical (unpaired) electrons. The molecule has 1 aromatic heterocycles. The van der Waals surface area contributed by atoms with Gasteiger partial charge >= 0.3 is 0 Å². The smallest absolute Gasteiger partial charge is 0.125 e. The number of aromatic nitrogens is 2. The fourth-order valence-corrected chi connectivity index (χ4v) is 1.85. The Hall–Kier alpha value is -1.88. The molecular weight excluding hydrogens is 231 g/mol. The van der Waals surface area contributed by atoms with Crippen molar-refractivity contribution in [3.05, 3.63) is 48.0 Å². The molecule has 1 heterocycles. The maximum absolute atomic E-state index is 13.1. The largest absolute Gasteiger partial charge is 0.373 e. The summed E-state index contributed by atoms with van der Waals surface area (Å²) >= 11 is 0. The van der Waals surface area contributed by atoms with Crippen LogP contribution in [0.15, 0.2) is 36.7 Å². The van der Waals surface area contributed by atoms with Crippen molar-refractivity contribution in [3.8, 4) is 0 Å². The second-order valence-electron chi connectivity index (χ2n) is 4.41. The molecule has 0 saturated carbocycles. The topological polar surface area (TPSA) is 47.1 Å². The number of halogens is 1. The molecule has 1 unspecified atom stereocenters. The van der Waals surface area contributed by atoms with Crippen LogP contribution < -0.4 is 10.6 Å². The molecule has 0 aliphatic carbocycles. The van der Waals surface area contributed by atoms with Gasteiger partial charge < -0.3 is 10.6 Å². The van der Waals surface area contributed by atoms with Crippen LogP contribution in [0.4, 0.5) is 10.1 Å². The molecule has 4 nitrogen and oxygen atoms in total. The van der Waals surface area contributed by atoms with Crippen LogP contribution in [-0.2, 0) is 7.05 Å². The van der Waals surface area contributed by atoms with Crippen LogP contribution >= 0.6 is 0 Å². The van der Waals surface area contributed by atoms with Gasteiger partial charge in [-0.05, 0) is 18.2 Å². The SMILES string of the molecule is CN(CC(N)c1cnn(C)c1)c1cccc(F)c1. The first-order valence-electron chi connectivity index (χ1n) is 5.77. The van der Waals surface area contributed by atoms with E-state index in [4.69, 9.17) is 5.73 Å². The summed E-state index contributed by atoms with van der Waals surface area (Å²) in [7, 11) is 3.75. The van der Waals surface area contributed by atoms with Crippen LogP contribution in [0.5, 0.6) is 0 Å². The highest BCUT2D eigenvalue weighted by Crippen LogP contribution is 2.17. The van der Waals surface area contributed by atoms with Crippen molar-refractivity contribution in [3.63, 3.8) is 0 Å². The van der Waals surface area contributed by atoms with E-state index in [1.807, 2.05) is 31.3 Å². The lowest BCUT2D eigenvalue weighted by Gasteiger charge is -2.22. The zero-order valence-electron chi connectivity index (χ0n) is 10.5. The molecular formula is C13H17FN4. The first kappa shape index (κ1) is 12.6. The van der Waals surface area contributed by atoms with Gasteiger partial charge in [-0.3, -0.25) is 4.68 Å². The van der Waals surface area contributed by atoms with E-state index in [0.29, 0.717) is 6.54 Å². The lowest BCUT2D eigenvalue weighted by atomic mass is 10.1. The molecule has 0 spiro atoms. The van der Waals surface area contributed by atoms with E-state index >= 15 is 0 Å². The lowest BCUT2D eigenvalue weighted by molar-refractivity contribution is 0.625. The molecule has 0 saturated heterocycles. The van der Waals surface area contributed by atoms with Gasteiger partial charge in [0.15, 0.2) is 0 Å². The predicted octanol–water partition coefficient (Wildman–Crippen LogP) is 1.70. The molecule has 0 bridgehead atoms. The molecule has 2 aromatic rings. The van der Waals surface area contributed by atoms with Crippen molar-refractivity contribution in [2.24, 2.45) is 12.8 Å². The second kappa shape index (κ2) is 5.18. The molecule has 1 atom stereocenters. The van der Waals surface area contributed by atoms with Crippen molar-refractivity contribution in [2.45, 2.75) is 6.04 Å². The third-order valence-corrected chi connectivity index (χ3v) is 2.87. The third-order valence-electron chi connectivity index (χ3n) is 2.87. The van der Waals surface area contributed by atoms with E-state index in [1.165, 1.54) is 12.1 Å². The molecule has 18 heavy (non-hydrogen) atoms. The summed E-state index contributed by atoms with van der Waals surface area (Å²) in [5.74, 6) is -0.241. The number of anilines is 1. The number of hydrogen-bond donors (Lipinski definition) is 1. The van der Waals surface area contributed by atoms with Crippen LogP contribution in [0.1, 0.15) is 11.6 Å². The summed E-state index contributed by atoms with van der Waals surface area (Å²) in [6, 6.07) is 6.33. The predicted molar refractivity (Wildman–Crippen MR) is 69.8 cm³/mol. The Kier molecular flexibility index (Phi) is 3.62. The van der Waals surface area contributed by atoms with Crippen molar-refractivity contribution in [1.29, 1.82) is 0 Å². The Labute approximate surface area is 106 Å². The molecule has 96 valence electrons. The van der Waals surface area contributed by atoms with Crippen molar-refractivity contribution in [2.75, 3.05) is 18.5 Å². The van der Waals surface area contributed by atoms with Crippen LogP contribution in [0, 0.1) is 5.82 Å². The number of nitrogens with two attached hydrogens (primary N) is 1. The minimum atomic E-state index is -0.241. The van der Waals surface area contributed by atoms with E-state index in [-0.39, 0.29) is 11.9 Å². The Morgan fingerprint density at radius 2 is 2.28 bits per heavy atom. The molecule has 0 fully saturated rings. The van der Waals surface area contributed by atoms with Crippen molar-refractivity contribution in [1.82, 2.24) is 9.78 Å². The Morgan fingerprint density at radius 1 is 1.50 bits per heavy atom. The maximum atomic E-state index is 13.1. The van der Waals surface area contributed by atoms with E-state index in [0.717, 1.165) is 11.3 Å². The van der Waals surface area contributed by atoms with Gasteiger partial charge in [0.2, 0.25) is 0 Å². The van der Waals surface area contributed by atoms with Crippen LogP contribution in [0.25, 0.3) is 0 Å². The summed E-state index contributed by atoms with van der Waals surface area (Å²) in [6.07, 6.45) is 3.65. The van der Waals surface area contributed by atoms with Gasteiger partial charge in [0.05, 0.1) is 12.2 Å². The van der Waals surface area contributed by atoms with Gasteiger partial charge in [0.1, 0.15) is 5.82 Å². The molecule has 0 amide bonds. The molecule has 0 aliphatic heterocycles.